The van der Waals surface area contributed by atoms with E-state index in [-0.39, 0.29) is 36.6 Å². The summed E-state index contributed by atoms with van der Waals surface area (Å²) in [6.07, 6.45) is 0.452. The standard InChI is InChI=1S/C12H22N2O5S/c1-12(2-5-20(17,18)9-12)13-11(16)6-14-3-4-19-8-10(14)7-15/h10,15H,2-9H2,1H3,(H,13,16). The van der Waals surface area contributed by atoms with Crippen molar-refractivity contribution in [1.82, 2.24) is 10.2 Å². The fourth-order valence-corrected chi connectivity index (χ4v) is 4.83. The molecule has 2 fully saturated rings. The number of aliphatic hydroxyl groups excluding tert-OH is 1. The number of amides is 1. The molecule has 0 saturated carbocycles. The molecule has 8 heteroatoms. The third kappa shape index (κ3) is 3.91. The fourth-order valence-electron chi connectivity index (χ4n) is 2.74. The Morgan fingerprint density at radius 1 is 1.55 bits per heavy atom. The highest BCUT2D eigenvalue weighted by Crippen LogP contribution is 2.22. The molecule has 2 saturated heterocycles. The van der Waals surface area contributed by atoms with Crippen LogP contribution in [0.5, 0.6) is 0 Å². The van der Waals surface area contributed by atoms with Gasteiger partial charge in [-0.05, 0) is 13.3 Å². The van der Waals surface area contributed by atoms with E-state index in [0.717, 1.165) is 0 Å². The Labute approximate surface area is 119 Å². The van der Waals surface area contributed by atoms with Crippen molar-refractivity contribution < 1.29 is 23.1 Å². The predicted molar refractivity (Wildman–Crippen MR) is 73.1 cm³/mol. The molecule has 2 heterocycles. The number of carbonyl (C=O) groups is 1. The van der Waals surface area contributed by atoms with E-state index < -0.39 is 15.4 Å². The van der Waals surface area contributed by atoms with Gasteiger partial charge >= 0.3 is 0 Å². The van der Waals surface area contributed by atoms with Gasteiger partial charge in [-0.3, -0.25) is 9.69 Å². The van der Waals surface area contributed by atoms with Gasteiger partial charge < -0.3 is 15.2 Å². The zero-order valence-electron chi connectivity index (χ0n) is 11.7. The quantitative estimate of drug-likeness (QED) is 0.648. The summed E-state index contributed by atoms with van der Waals surface area (Å²) in [6.45, 7) is 3.40. The first-order valence-electron chi connectivity index (χ1n) is 6.78. The molecule has 0 aromatic rings. The van der Waals surface area contributed by atoms with Gasteiger partial charge in [0, 0.05) is 6.54 Å². The van der Waals surface area contributed by atoms with Crippen LogP contribution >= 0.6 is 0 Å². The normalized spacial score (nSPS) is 34.0. The molecular weight excluding hydrogens is 284 g/mol. The van der Waals surface area contributed by atoms with Crippen LogP contribution in [0.15, 0.2) is 0 Å². The number of hydrogen-bond donors (Lipinski definition) is 2. The van der Waals surface area contributed by atoms with Crippen LogP contribution in [-0.2, 0) is 19.4 Å². The Kier molecular flexibility index (Phi) is 4.68. The zero-order chi connectivity index (χ0) is 14.8. The number of morpholine rings is 1. The molecule has 0 spiro atoms. The summed E-state index contributed by atoms with van der Waals surface area (Å²) in [7, 11) is -3.04. The predicted octanol–water partition coefficient (Wildman–Crippen LogP) is -1.63. The van der Waals surface area contributed by atoms with Crippen LogP contribution in [0.1, 0.15) is 13.3 Å². The third-order valence-corrected chi connectivity index (χ3v) is 5.75. The second kappa shape index (κ2) is 5.97. The molecule has 2 unspecified atom stereocenters. The Morgan fingerprint density at radius 3 is 2.90 bits per heavy atom. The summed E-state index contributed by atoms with van der Waals surface area (Å²) in [6, 6.07) is -0.172. The minimum atomic E-state index is -3.04. The van der Waals surface area contributed by atoms with Crippen LogP contribution in [0.3, 0.4) is 0 Å². The number of hydrogen-bond acceptors (Lipinski definition) is 6. The average Bonchev–Trinajstić information content (AvgIpc) is 2.63. The van der Waals surface area contributed by atoms with Crippen molar-refractivity contribution in [2.24, 2.45) is 0 Å². The lowest BCUT2D eigenvalue weighted by Crippen LogP contribution is -2.55. The largest absolute Gasteiger partial charge is 0.395 e. The highest BCUT2D eigenvalue weighted by molar-refractivity contribution is 7.91. The first-order chi connectivity index (χ1) is 9.34. The maximum Gasteiger partial charge on any atom is 0.234 e. The summed E-state index contributed by atoms with van der Waals surface area (Å²) < 4.78 is 28.3. The summed E-state index contributed by atoms with van der Waals surface area (Å²) in [5.41, 5.74) is -0.670. The van der Waals surface area contributed by atoms with Crippen LogP contribution in [0.25, 0.3) is 0 Å². The monoisotopic (exact) mass is 306 g/mol. The highest BCUT2D eigenvalue weighted by Gasteiger charge is 2.39. The van der Waals surface area contributed by atoms with Crippen molar-refractivity contribution in [3.05, 3.63) is 0 Å². The van der Waals surface area contributed by atoms with E-state index >= 15 is 0 Å². The van der Waals surface area contributed by atoms with Crippen LogP contribution < -0.4 is 5.32 Å². The van der Waals surface area contributed by atoms with Crippen molar-refractivity contribution in [2.75, 3.05) is 44.4 Å². The number of sulfone groups is 1. The number of rotatable bonds is 4. The van der Waals surface area contributed by atoms with Crippen LogP contribution in [0.2, 0.25) is 0 Å². The first-order valence-corrected chi connectivity index (χ1v) is 8.60. The number of carbonyl (C=O) groups excluding carboxylic acids is 1. The minimum absolute atomic E-state index is 0.00171. The van der Waals surface area contributed by atoms with Gasteiger partial charge in [-0.2, -0.15) is 0 Å². The summed E-state index contributed by atoms with van der Waals surface area (Å²) in [4.78, 5) is 13.9. The maximum absolute atomic E-state index is 12.1. The molecule has 0 bridgehead atoms. The third-order valence-electron chi connectivity index (χ3n) is 3.85. The zero-order valence-corrected chi connectivity index (χ0v) is 12.5. The molecular formula is C12H22N2O5S. The van der Waals surface area contributed by atoms with Gasteiger partial charge in [-0.1, -0.05) is 0 Å². The van der Waals surface area contributed by atoms with Crippen molar-refractivity contribution >= 4 is 15.7 Å². The van der Waals surface area contributed by atoms with Crippen LogP contribution in [0.4, 0.5) is 0 Å². The molecule has 116 valence electrons. The van der Waals surface area contributed by atoms with E-state index in [9.17, 15) is 18.3 Å². The summed E-state index contributed by atoms with van der Waals surface area (Å²) in [5, 5.41) is 12.1. The van der Waals surface area contributed by atoms with Gasteiger partial charge in [0.2, 0.25) is 5.91 Å². The summed E-state index contributed by atoms with van der Waals surface area (Å²) >= 11 is 0. The summed E-state index contributed by atoms with van der Waals surface area (Å²) in [5.74, 6) is -0.0799. The number of nitrogens with zero attached hydrogens (tertiary/aromatic N) is 1. The smallest absolute Gasteiger partial charge is 0.234 e. The molecule has 0 aromatic heterocycles. The Bertz CT molecular complexity index is 466. The van der Waals surface area contributed by atoms with Crippen molar-refractivity contribution in [3.8, 4) is 0 Å². The van der Waals surface area contributed by atoms with E-state index in [0.29, 0.717) is 26.2 Å². The Balaban J connectivity index is 1.89. The van der Waals surface area contributed by atoms with Gasteiger partial charge in [-0.25, -0.2) is 8.42 Å². The van der Waals surface area contributed by atoms with E-state index in [4.69, 9.17) is 4.74 Å². The second-order valence-corrected chi connectivity index (χ2v) is 8.02. The van der Waals surface area contributed by atoms with E-state index in [1.807, 2.05) is 4.90 Å². The first kappa shape index (κ1) is 15.7. The van der Waals surface area contributed by atoms with Crippen LogP contribution in [0, 0.1) is 0 Å². The van der Waals surface area contributed by atoms with Gasteiger partial charge in [-0.15, -0.1) is 0 Å². The van der Waals surface area contributed by atoms with E-state index in [1.165, 1.54) is 0 Å². The molecule has 0 aromatic carbocycles. The van der Waals surface area contributed by atoms with Crippen molar-refractivity contribution in [1.29, 1.82) is 0 Å². The number of nitrogens with one attached hydrogen (secondary N) is 1. The lowest BCUT2D eigenvalue weighted by atomic mass is 10.0. The number of ether oxygens (including phenoxy) is 1. The van der Waals surface area contributed by atoms with Gasteiger partial charge in [0.15, 0.2) is 9.84 Å². The highest BCUT2D eigenvalue weighted by atomic mass is 32.2. The molecule has 2 aliphatic heterocycles. The van der Waals surface area contributed by atoms with Gasteiger partial charge in [0.1, 0.15) is 0 Å². The molecule has 2 aliphatic rings. The Morgan fingerprint density at radius 2 is 2.30 bits per heavy atom. The molecule has 2 rings (SSSR count). The maximum atomic E-state index is 12.1. The lowest BCUT2D eigenvalue weighted by Gasteiger charge is -2.34. The average molecular weight is 306 g/mol. The fraction of sp³-hybridized carbons (Fsp3) is 0.917. The van der Waals surface area contributed by atoms with Crippen molar-refractivity contribution in [2.45, 2.75) is 24.9 Å². The lowest BCUT2D eigenvalue weighted by molar-refractivity contribution is -0.126. The molecule has 0 aliphatic carbocycles. The topological polar surface area (TPSA) is 95.9 Å². The Hall–Kier alpha value is -0.700. The van der Waals surface area contributed by atoms with E-state index in [2.05, 4.69) is 5.32 Å². The molecule has 7 nitrogen and oxygen atoms in total. The molecule has 0 radical (unpaired) electrons. The molecule has 2 N–H and O–H groups in total. The molecule has 20 heavy (non-hydrogen) atoms. The minimum Gasteiger partial charge on any atom is -0.395 e. The molecule has 1 amide bonds. The number of aliphatic hydroxyl groups is 1. The second-order valence-electron chi connectivity index (χ2n) is 5.83. The van der Waals surface area contributed by atoms with Gasteiger partial charge in [0.05, 0.1) is 49.5 Å². The van der Waals surface area contributed by atoms with Crippen molar-refractivity contribution in [3.63, 3.8) is 0 Å². The van der Waals surface area contributed by atoms with E-state index in [1.54, 1.807) is 6.92 Å². The molecule has 2 atom stereocenters. The van der Waals surface area contributed by atoms with Gasteiger partial charge in [0.25, 0.3) is 0 Å². The van der Waals surface area contributed by atoms with Crippen LogP contribution in [-0.4, -0.2) is 80.3 Å². The SMILES string of the molecule is CC1(NC(=O)CN2CCOCC2CO)CCS(=O)(=O)C1.